The number of benzene rings is 1. The first-order chi connectivity index (χ1) is 5.74. The highest BCUT2D eigenvalue weighted by molar-refractivity contribution is 5.90. The molecule has 4 nitrogen and oxygen atoms in total. The average molecular weight is 165 g/mol. The van der Waals surface area contributed by atoms with Crippen LogP contribution < -0.4 is 10.6 Å². The molecule has 0 fully saturated rings. The van der Waals surface area contributed by atoms with Crippen molar-refractivity contribution in [3.63, 3.8) is 0 Å². The Bertz CT molecular complexity index is 286. The summed E-state index contributed by atoms with van der Waals surface area (Å²) in [4.78, 5) is 10.8. The molecule has 0 aliphatic carbocycles. The van der Waals surface area contributed by atoms with Gasteiger partial charge in [-0.15, -0.1) is 0 Å². The van der Waals surface area contributed by atoms with Crippen LogP contribution in [0.25, 0.3) is 0 Å². The van der Waals surface area contributed by atoms with Crippen molar-refractivity contribution in [1.29, 1.82) is 0 Å². The summed E-state index contributed by atoms with van der Waals surface area (Å²) < 4.78 is 0. The molecule has 0 spiro atoms. The van der Waals surface area contributed by atoms with Gasteiger partial charge in [-0.2, -0.15) is 0 Å². The van der Waals surface area contributed by atoms with E-state index in [-0.39, 0.29) is 17.5 Å². The molecule has 0 aromatic heterocycles. The second-order valence-corrected chi connectivity index (χ2v) is 2.13. The highest BCUT2D eigenvalue weighted by atomic mass is 16.3. The molecule has 0 unspecified atom stereocenters. The van der Waals surface area contributed by atoms with Crippen molar-refractivity contribution in [2.45, 2.75) is 0 Å². The molecule has 1 radical (unpaired) electrons. The van der Waals surface area contributed by atoms with Crippen molar-refractivity contribution in [1.82, 2.24) is 5.32 Å². The average Bonchev–Trinajstić information content (AvgIpc) is 2.09. The van der Waals surface area contributed by atoms with Crippen LogP contribution in [-0.4, -0.2) is 18.2 Å². The van der Waals surface area contributed by atoms with Crippen molar-refractivity contribution in [3.8, 4) is 5.75 Å². The topological polar surface area (TPSA) is 61.4 Å². The molecular formula is C8H9N2O2. The Morgan fingerprint density at radius 1 is 1.67 bits per heavy atom. The first-order valence-electron chi connectivity index (χ1n) is 3.42. The molecule has 0 heterocycles. The van der Waals surface area contributed by atoms with E-state index >= 15 is 0 Å². The fourth-order valence-electron chi connectivity index (χ4n) is 0.704. The SMILES string of the molecule is CNC(=O)Nc1[c]cccc1O. The lowest BCUT2D eigenvalue weighted by atomic mass is 10.3. The number of hydrogen-bond acceptors (Lipinski definition) is 2. The highest BCUT2D eigenvalue weighted by Crippen LogP contribution is 2.20. The van der Waals surface area contributed by atoms with Crippen LogP contribution >= 0.6 is 0 Å². The van der Waals surface area contributed by atoms with E-state index in [4.69, 9.17) is 0 Å². The Balaban J connectivity index is 2.75. The molecule has 12 heavy (non-hydrogen) atoms. The standard InChI is InChI=1S/C8H9N2O2/c1-9-8(12)10-6-4-2-3-5-7(6)11/h2-3,5,11H,1H3,(H2,9,10,12). The smallest absolute Gasteiger partial charge is 0.319 e. The summed E-state index contributed by atoms with van der Waals surface area (Å²) in [7, 11) is 1.50. The molecule has 1 aromatic rings. The number of carbonyl (C=O) groups is 1. The Hall–Kier alpha value is -1.71. The number of anilines is 1. The molecule has 0 aliphatic heterocycles. The van der Waals surface area contributed by atoms with Crippen LogP contribution in [0.3, 0.4) is 0 Å². The zero-order valence-corrected chi connectivity index (χ0v) is 6.59. The summed E-state index contributed by atoms with van der Waals surface area (Å²) in [5.41, 5.74) is 0.275. The van der Waals surface area contributed by atoms with Crippen molar-refractivity contribution >= 4 is 11.7 Å². The van der Waals surface area contributed by atoms with Gasteiger partial charge in [-0.25, -0.2) is 4.79 Å². The Morgan fingerprint density at radius 2 is 2.42 bits per heavy atom. The normalized spacial score (nSPS) is 9.08. The third kappa shape index (κ3) is 1.88. The summed E-state index contributed by atoms with van der Waals surface area (Å²) >= 11 is 0. The van der Waals surface area contributed by atoms with Crippen LogP contribution in [0.4, 0.5) is 10.5 Å². The summed E-state index contributed by atoms with van der Waals surface area (Å²) in [5.74, 6) is 0.00102. The van der Waals surface area contributed by atoms with Gasteiger partial charge in [0.25, 0.3) is 0 Å². The number of carbonyl (C=O) groups excluding carboxylic acids is 1. The Labute approximate surface area is 70.2 Å². The molecule has 1 aromatic carbocycles. The van der Waals surface area contributed by atoms with E-state index in [1.165, 1.54) is 13.1 Å². The van der Waals surface area contributed by atoms with E-state index < -0.39 is 0 Å². The van der Waals surface area contributed by atoms with Gasteiger partial charge in [0.2, 0.25) is 0 Å². The third-order valence-corrected chi connectivity index (χ3v) is 1.30. The van der Waals surface area contributed by atoms with Gasteiger partial charge in [-0.05, 0) is 6.07 Å². The van der Waals surface area contributed by atoms with Crippen LogP contribution in [-0.2, 0) is 0 Å². The van der Waals surface area contributed by atoms with Gasteiger partial charge in [-0.3, -0.25) is 0 Å². The van der Waals surface area contributed by atoms with E-state index in [1.807, 2.05) is 0 Å². The monoisotopic (exact) mass is 165 g/mol. The first kappa shape index (κ1) is 8.39. The number of hydrogen-bond donors (Lipinski definition) is 3. The van der Waals surface area contributed by atoms with Gasteiger partial charge < -0.3 is 15.7 Å². The van der Waals surface area contributed by atoms with Crippen molar-refractivity contribution < 1.29 is 9.90 Å². The maximum absolute atomic E-state index is 10.8. The summed E-state index contributed by atoms with van der Waals surface area (Å²) in [6.45, 7) is 0. The molecular weight excluding hydrogens is 156 g/mol. The molecule has 0 saturated carbocycles. The number of amides is 2. The second kappa shape index (κ2) is 3.61. The number of rotatable bonds is 1. The van der Waals surface area contributed by atoms with Gasteiger partial charge in [0.05, 0.1) is 5.69 Å². The van der Waals surface area contributed by atoms with E-state index in [0.717, 1.165) is 0 Å². The first-order valence-corrected chi connectivity index (χ1v) is 3.42. The number of phenolic OH excluding ortho intramolecular Hbond substituents is 1. The second-order valence-electron chi connectivity index (χ2n) is 2.13. The number of aromatic hydroxyl groups is 1. The van der Waals surface area contributed by atoms with Gasteiger partial charge in [0.15, 0.2) is 0 Å². The molecule has 2 amide bonds. The molecule has 0 saturated heterocycles. The molecule has 1 rings (SSSR count). The van der Waals surface area contributed by atoms with Gasteiger partial charge in [-0.1, -0.05) is 12.1 Å². The lowest BCUT2D eigenvalue weighted by Gasteiger charge is -2.04. The lowest BCUT2D eigenvalue weighted by Crippen LogP contribution is -2.24. The summed E-state index contributed by atoms with van der Waals surface area (Å²) in [6, 6.07) is 7.00. The minimum absolute atomic E-state index is 0.00102. The third-order valence-electron chi connectivity index (χ3n) is 1.30. The van der Waals surface area contributed by atoms with Gasteiger partial charge in [0.1, 0.15) is 5.75 Å². The fraction of sp³-hybridized carbons (Fsp3) is 0.125. The zero-order chi connectivity index (χ0) is 8.97. The molecule has 0 bridgehead atoms. The van der Waals surface area contributed by atoms with Gasteiger partial charge >= 0.3 is 6.03 Å². The molecule has 63 valence electrons. The number of phenols is 1. The van der Waals surface area contributed by atoms with Crippen molar-refractivity contribution in [3.05, 3.63) is 24.3 Å². The Morgan fingerprint density at radius 3 is 3.00 bits per heavy atom. The Kier molecular flexibility index (Phi) is 2.53. The predicted octanol–water partition coefficient (Wildman–Crippen LogP) is 0.944. The minimum atomic E-state index is -0.382. The van der Waals surface area contributed by atoms with Gasteiger partial charge in [0, 0.05) is 13.1 Å². The lowest BCUT2D eigenvalue weighted by molar-refractivity contribution is 0.254. The summed E-state index contributed by atoms with van der Waals surface area (Å²) in [5, 5.41) is 13.9. The van der Waals surface area contributed by atoms with E-state index in [0.29, 0.717) is 0 Å². The van der Waals surface area contributed by atoms with E-state index in [2.05, 4.69) is 16.7 Å². The maximum Gasteiger partial charge on any atom is 0.319 e. The quantitative estimate of drug-likeness (QED) is 0.542. The van der Waals surface area contributed by atoms with Crippen LogP contribution in [0.15, 0.2) is 18.2 Å². The van der Waals surface area contributed by atoms with Crippen LogP contribution in [0.5, 0.6) is 5.75 Å². The van der Waals surface area contributed by atoms with Crippen LogP contribution in [0.2, 0.25) is 0 Å². The largest absolute Gasteiger partial charge is 0.506 e. The molecule has 0 aliphatic rings. The fourth-order valence-corrected chi connectivity index (χ4v) is 0.704. The zero-order valence-electron chi connectivity index (χ0n) is 6.59. The highest BCUT2D eigenvalue weighted by Gasteiger charge is 2.01. The molecule has 4 heteroatoms. The predicted molar refractivity (Wildman–Crippen MR) is 45.0 cm³/mol. The minimum Gasteiger partial charge on any atom is -0.506 e. The van der Waals surface area contributed by atoms with Crippen molar-refractivity contribution in [2.24, 2.45) is 0 Å². The number of nitrogens with one attached hydrogen (secondary N) is 2. The van der Waals surface area contributed by atoms with Crippen molar-refractivity contribution in [2.75, 3.05) is 12.4 Å². The molecule has 3 N–H and O–H groups in total. The summed E-state index contributed by atoms with van der Waals surface area (Å²) in [6.07, 6.45) is 0. The number of urea groups is 1. The van der Waals surface area contributed by atoms with Crippen LogP contribution in [0, 0.1) is 6.07 Å². The maximum atomic E-state index is 10.8. The number of para-hydroxylation sites is 1. The molecule has 0 atom stereocenters. The van der Waals surface area contributed by atoms with Crippen LogP contribution in [0.1, 0.15) is 0 Å². The van der Waals surface area contributed by atoms with E-state index in [1.54, 1.807) is 12.1 Å². The van der Waals surface area contributed by atoms with E-state index in [9.17, 15) is 9.90 Å².